The molecule has 2 N–H and O–H groups in total. The molecule has 8 heteroatoms. The van der Waals surface area contributed by atoms with Gasteiger partial charge in [-0.3, -0.25) is 0 Å². The van der Waals surface area contributed by atoms with Crippen LogP contribution in [0.4, 0.5) is 0 Å². The Balaban J connectivity index is 2.57. The van der Waals surface area contributed by atoms with Crippen molar-refractivity contribution in [3.8, 4) is 0 Å². The first kappa shape index (κ1) is 14.8. The number of ether oxygens (including phenoxy) is 2. The van der Waals surface area contributed by atoms with E-state index >= 15 is 0 Å². The molecule has 1 rings (SSSR count). The highest BCUT2D eigenvalue weighted by Gasteiger charge is 2.32. The summed E-state index contributed by atoms with van der Waals surface area (Å²) in [7, 11) is -2.01. The average molecular weight is 268 g/mol. The minimum Gasteiger partial charge on any atom is -0.394 e. The Labute approximate surface area is 102 Å². The molecular weight excluding hydrogens is 248 g/mol. The summed E-state index contributed by atoms with van der Waals surface area (Å²) in [5.74, 6) is 0. The fourth-order valence-electron chi connectivity index (χ4n) is 1.66. The normalized spacial score (nSPS) is 27.2. The van der Waals surface area contributed by atoms with Gasteiger partial charge in [0.25, 0.3) is 10.2 Å². The summed E-state index contributed by atoms with van der Waals surface area (Å²) in [5, 5.41) is 9.02. The molecule has 7 nitrogen and oxygen atoms in total. The van der Waals surface area contributed by atoms with Crippen molar-refractivity contribution in [2.45, 2.75) is 19.1 Å². The molecule has 102 valence electrons. The van der Waals surface area contributed by atoms with E-state index in [0.29, 0.717) is 13.2 Å². The van der Waals surface area contributed by atoms with Crippen LogP contribution in [-0.2, 0) is 19.7 Å². The second-order valence-corrected chi connectivity index (χ2v) is 5.72. The molecule has 0 aromatic rings. The Morgan fingerprint density at radius 3 is 2.82 bits per heavy atom. The van der Waals surface area contributed by atoms with Crippen LogP contribution in [0.2, 0.25) is 0 Å². The number of hydrogen-bond donors (Lipinski definition) is 2. The maximum Gasteiger partial charge on any atom is 0.279 e. The molecule has 0 aromatic carbocycles. The van der Waals surface area contributed by atoms with Crippen molar-refractivity contribution >= 4 is 10.2 Å². The number of aliphatic hydroxyl groups excluding tert-OH is 1. The fourth-order valence-corrected chi connectivity index (χ4v) is 2.96. The fraction of sp³-hybridized carbons (Fsp3) is 1.00. The van der Waals surface area contributed by atoms with E-state index in [0.717, 1.165) is 0 Å². The summed E-state index contributed by atoms with van der Waals surface area (Å²) in [5.41, 5.74) is 0. The van der Waals surface area contributed by atoms with Crippen LogP contribution >= 0.6 is 0 Å². The largest absolute Gasteiger partial charge is 0.394 e. The zero-order valence-corrected chi connectivity index (χ0v) is 10.9. The van der Waals surface area contributed by atoms with Gasteiger partial charge in [-0.15, -0.1) is 0 Å². The van der Waals surface area contributed by atoms with Crippen LogP contribution in [0.25, 0.3) is 0 Å². The quantitative estimate of drug-likeness (QED) is 0.575. The molecule has 0 aromatic heterocycles. The van der Waals surface area contributed by atoms with Crippen LogP contribution in [0.1, 0.15) is 6.92 Å². The predicted molar refractivity (Wildman–Crippen MR) is 61.8 cm³/mol. The van der Waals surface area contributed by atoms with Crippen molar-refractivity contribution in [1.82, 2.24) is 9.03 Å². The highest BCUT2D eigenvalue weighted by Crippen LogP contribution is 2.13. The molecule has 1 aliphatic heterocycles. The van der Waals surface area contributed by atoms with E-state index in [9.17, 15) is 8.42 Å². The molecule has 2 unspecified atom stereocenters. The smallest absolute Gasteiger partial charge is 0.279 e. The number of methoxy groups -OCH3 is 1. The Morgan fingerprint density at radius 1 is 1.53 bits per heavy atom. The van der Waals surface area contributed by atoms with Crippen LogP contribution in [0.5, 0.6) is 0 Å². The minimum atomic E-state index is -3.52. The van der Waals surface area contributed by atoms with Gasteiger partial charge in [-0.05, 0) is 6.92 Å². The second kappa shape index (κ2) is 6.62. The summed E-state index contributed by atoms with van der Waals surface area (Å²) < 4.78 is 37.7. The van der Waals surface area contributed by atoms with E-state index in [2.05, 4.69) is 4.72 Å². The van der Waals surface area contributed by atoms with E-state index in [-0.39, 0.29) is 25.8 Å². The van der Waals surface area contributed by atoms with Gasteiger partial charge in [0.2, 0.25) is 0 Å². The molecule has 1 aliphatic rings. The van der Waals surface area contributed by atoms with Crippen molar-refractivity contribution in [3.63, 3.8) is 0 Å². The van der Waals surface area contributed by atoms with Gasteiger partial charge >= 0.3 is 0 Å². The van der Waals surface area contributed by atoms with Crippen molar-refractivity contribution < 1.29 is 23.0 Å². The first-order chi connectivity index (χ1) is 7.99. The molecule has 1 heterocycles. The molecule has 0 aliphatic carbocycles. The lowest BCUT2D eigenvalue weighted by molar-refractivity contribution is -0.0753. The summed E-state index contributed by atoms with van der Waals surface area (Å²) in [6.45, 7) is 2.60. The van der Waals surface area contributed by atoms with Gasteiger partial charge < -0.3 is 14.6 Å². The Kier molecular flexibility index (Phi) is 5.77. The number of nitrogens with zero attached hydrogens (tertiary/aromatic N) is 1. The molecule has 17 heavy (non-hydrogen) atoms. The zero-order chi connectivity index (χ0) is 12.9. The molecule has 1 fully saturated rings. The lowest BCUT2D eigenvalue weighted by Gasteiger charge is -2.35. The van der Waals surface area contributed by atoms with Crippen LogP contribution in [-0.4, -0.2) is 70.0 Å². The molecule has 0 amide bonds. The number of aliphatic hydroxyl groups is 1. The molecule has 0 bridgehead atoms. The lowest BCUT2D eigenvalue weighted by Crippen LogP contribution is -2.53. The third kappa shape index (κ3) is 4.49. The summed E-state index contributed by atoms with van der Waals surface area (Å²) in [6, 6.07) is 0. The van der Waals surface area contributed by atoms with Gasteiger partial charge in [0.1, 0.15) is 0 Å². The third-order valence-electron chi connectivity index (χ3n) is 2.43. The van der Waals surface area contributed by atoms with Crippen LogP contribution in [0.3, 0.4) is 0 Å². The number of nitrogens with one attached hydrogen (secondary N) is 1. The van der Waals surface area contributed by atoms with Crippen LogP contribution in [0, 0.1) is 0 Å². The van der Waals surface area contributed by atoms with Gasteiger partial charge in [0.05, 0.1) is 25.4 Å². The number of hydrogen-bond acceptors (Lipinski definition) is 5. The highest BCUT2D eigenvalue weighted by molar-refractivity contribution is 7.87. The Bertz CT molecular complexity index is 321. The standard InChI is InChI=1S/C9H20N2O5S/c1-8-5-11(6-9(7-12)16-8)17(13,14)10-3-4-15-2/h8-10,12H,3-7H2,1-2H3. The van der Waals surface area contributed by atoms with Gasteiger partial charge in [0.15, 0.2) is 0 Å². The monoisotopic (exact) mass is 268 g/mol. The van der Waals surface area contributed by atoms with E-state index in [1.807, 2.05) is 0 Å². The minimum absolute atomic E-state index is 0.170. The maximum absolute atomic E-state index is 11.9. The number of morpholine rings is 1. The molecule has 0 radical (unpaired) electrons. The SMILES string of the molecule is COCCNS(=O)(=O)N1CC(C)OC(CO)C1. The second-order valence-electron chi connectivity index (χ2n) is 3.96. The predicted octanol–water partition coefficient (Wildman–Crippen LogP) is -1.45. The van der Waals surface area contributed by atoms with Crippen LogP contribution < -0.4 is 4.72 Å². The first-order valence-electron chi connectivity index (χ1n) is 5.49. The van der Waals surface area contributed by atoms with E-state index in [1.165, 1.54) is 11.4 Å². The topological polar surface area (TPSA) is 88.1 Å². The van der Waals surface area contributed by atoms with Gasteiger partial charge in [-0.2, -0.15) is 17.4 Å². The van der Waals surface area contributed by atoms with E-state index in [4.69, 9.17) is 14.6 Å². The van der Waals surface area contributed by atoms with Crippen LogP contribution in [0.15, 0.2) is 0 Å². The van der Waals surface area contributed by atoms with Crippen molar-refractivity contribution in [3.05, 3.63) is 0 Å². The highest BCUT2D eigenvalue weighted by atomic mass is 32.2. The third-order valence-corrected chi connectivity index (χ3v) is 3.97. The Morgan fingerprint density at radius 2 is 2.24 bits per heavy atom. The van der Waals surface area contributed by atoms with Gasteiger partial charge in [0, 0.05) is 26.7 Å². The summed E-state index contributed by atoms with van der Waals surface area (Å²) >= 11 is 0. The first-order valence-corrected chi connectivity index (χ1v) is 6.93. The van der Waals surface area contributed by atoms with Gasteiger partial charge in [-0.1, -0.05) is 0 Å². The lowest BCUT2D eigenvalue weighted by atomic mass is 10.2. The average Bonchev–Trinajstić information content (AvgIpc) is 2.28. The van der Waals surface area contributed by atoms with E-state index in [1.54, 1.807) is 6.92 Å². The van der Waals surface area contributed by atoms with Crippen molar-refractivity contribution in [1.29, 1.82) is 0 Å². The van der Waals surface area contributed by atoms with Gasteiger partial charge in [-0.25, -0.2) is 0 Å². The van der Waals surface area contributed by atoms with Crippen molar-refractivity contribution in [2.75, 3.05) is 40.0 Å². The number of rotatable bonds is 6. The Hall–Kier alpha value is -0.250. The summed E-state index contributed by atoms with van der Waals surface area (Å²) in [4.78, 5) is 0. The summed E-state index contributed by atoms with van der Waals surface area (Å²) in [6.07, 6.45) is -0.683. The zero-order valence-electron chi connectivity index (χ0n) is 10.1. The maximum atomic E-state index is 11.9. The van der Waals surface area contributed by atoms with Crippen molar-refractivity contribution in [2.24, 2.45) is 0 Å². The molecular formula is C9H20N2O5S. The molecule has 0 spiro atoms. The molecule has 1 saturated heterocycles. The molecule has 2 atom stereocenters. The molecule has 0 saturated carbocycles. The van der Waals surface area contributed by atoms with E-state index < -0.39 is 16.3 Å².